The number of aromatic nitrogens is 3. The third-order valence-corrected chi connectivity index (χ3v) is 5.18. The number of anilines is 1. The summed E-state index contributed by atoms with van der Waals surface area (Å²) in [5, 5.41) is 16.8. The van der Waals surface area contributed by atoms with Crippen molar-refractivity contribution in [2.24, 2.45) is 0 Å². The summed E-state index contributed by atoms with van der Waals surface area (Å²) in [6.45, 7) is 2.43. The lowest BCUT2D eigenvalue weighted by Gasteiger charge is -2.19. The van der Waals surface area contributed by atoms with E-state index >= 15 is 0 Å². The maximum atomic E-state index is 11.6. The van der Waals surface area contributed by atoms with Crippen molar-refractivity contribution < 1.29 is 14.6 Å². The van der Waals surface area contributed by atoms with Crippen molar-refractivity contribution in [3.05, 3.63) is 76.6 Å². The number of pyridine rings is 1. The fraction of sp³-hybridized carbons (Fsp3) is 0.227. The number of hydrogen-bond donors (Lipinski definition) is 2. The average molecular weight is 471 g/mol. The molecule has 0 aliphatic carbocycles. The van der Waals surface area contributed by atoms with Gasteiger partial charge in [-0.1, -0.05) is 34.1 Å². The number of carboxylic acid groups (broad SMARTS) is 1. The predicted molar refractivity (Wildman–Crippen MR) is 120 cm³/mol. The molecule has 30 heavy (non-hydrogen) atoms. The molecule has 0 fully saturated rings. The highest BCUT2D eigenvalue weighted by Crippen LogP contribution is 2.40. The molecule has 0 aliphatic rings. The van der Waals surface area contributed by atoms with E-state index in [0.29, 0.717) is 30.2 Å². The molecule has 156 valence electrons. The molecule has 0 spiro atoms. The van der Waals surface area contributed by atoms with E-state index in [1.165, 1.54) is 0 Å². The van der Waals surface area contributed by atoms with Gasteiger partial charge in [-0.3, -0.25) is 10.3 Å². The Labute approximate surface area is 183 Å². The van der Waals surface area contributed by atoms with Gasteiger partial charge in [0.25, 0.3) is 0 Å². The first-order valence-corrected chi connectivity index (χ1v) is 10.3. The summed E-state index contributed by atoms with van der Waals surface area (Å²) in [6.07, 6.45) is 4.71. The SMILES string of the molecule is CCn1nc(-c2ccccn2)c(C(CC=COC)c2ccc(Br)cc2)c1NC(=O)O. The lowest BCUT2D eigenvalue weighted by atomic mass is 9.87. The fourth-order valence-corrected chi connectivity index (χ4v) is 3.63. The Hall–Kier alpha value is -3.13. The number of nitrogens with zero attached hydrogens (tertiary/aromatic N) is 3. The van der Waals surface area contributed by atoms with Gasteiger partial charge >= 0.3 is 6.09 Å². The second kappa shape index (κ2) is 10.1. The Bertz CT molecular complexity index is 1020. The molecule has 1 aromatic carbocycles. The number of benzene rings is 1. The van der Waals surface area contributed by atoms with Crippen LogP contribution in [0.3, 0.4) is 0 Å². The van der Waals surface area contributed by atoms with E-state index in [1.807, 2.05) is 55.5 Å². The molecule has 0 saturated carbocycles. The molecule has 2 aromatic heterocycles. The average Bonchev–Trinajstić information content (AvgIpc) is 3.10. The second-order valence-corrected chi connectivity index (χ2v) is 7.43. The van der Waals surface area contributed by atoms with E-state index in [9.17, 15) is 9.90 Å². The molecule has 0 aliphatic heterocycles. The van der Waals surface area contributed by atoms with Crippen molar-refractivity contribution in [2.45, 2.75) is 25.8 Å². The Kier molecular flexibility index (Phi) is 7.24. The highest BCUT2D eigenvalue weighted by molar-refractivity contribution is 9.10. The van der Waals surface area contributed by atoms with Crippen LogP contribution in [0.2, 0.25) is 0 Å². The monoisotopic (exact) mass is 470 g/mol. The predicted octanol–water partition coefficient (Wildman–Crippen LogP) is 5.50. The summed E-state index contributed by atoms with van der Waals surface area (Å²) in [5.41, 5.74) is 3.15. The summed E-state index contributed by atoms with van der Waals surface area (Å²) in [5.74, 6) is 0.285. The van der Waals surface area contributed by atoms with Gasteiger partial charge in [-0.15, -0.1) is 0 Å². The molecule has 1 amide bonds. The molecule has 3 aromatic rings. The number of hydrogen-bond acceptors (Lipinski definition) is 4. The molecule has 0 radical (unpaired) electrons. The normalized spacial score (nSPS) is 12.1. The number of halogens is 1. The number of amides is 1. The van der Waals surface area contributed by atoms with Crippen molar-refractivity contribution in [3.63, 3.8) is 0 Å². The molecular weight excluding hydrogens is 448 g/mol. The second-order valence-electron chi connectivity index (χ2n) is 6.52. The van der Waals surface area contributed by atoms with Crippen LogP contribution in [0.5, 0.6) is 0 Å². The zero-order chi connectivity index (χ0) is 21.5. The Morgan fingerprint density at radius 3 is 2.67 bits per heavy atom. The molecule has 3 rings (SSSR count). The number of rotatable bonds is 8. The van der Waals surface area contributed by atoms with Gasteiger partial charge in [0.05, 0.1) is 19.1 Å². The quantitative estimate of drug-likeness (QED) is 0.424. The van der Waals surface area contributed by atoms with Crippen LogP contribution in [0.1, 0.15) is 30.4 Å². The summed E-state index contributed by atoms with van der Waals surface area (Å²) >= 11 is 3.48. The summed E-state index contributed by atoms with van der Waals surface area (Å²) in [4.78, 5) is 16.1. The Morgan fingerprint density at radius 1 is 1.30 bits per heavy atom. The molecule has 2 heterocycles. The van der Waals surface area contributed by atoms with Crippen molar-refractivity contribution in [1.82, 2.24) is 14.8 Å². The molecular formula is C22H23BrN4O3. The Balaban J connectivity index is 2.25. The van der Waals surface area contributed by atoms with Crippen LogP contribution in [0.4, 0.5) is 10.6 Å². The third-order valence-electron chi connectivity index (χ3n) is 4.65. The van der Waals surface area contributed by atoms with Gasteiger partial charge in [0.15, 0.2) is 0 Å². The molecule has 0 saturated heterocycles. The first-order chi connectivity index (χ1) is 14.5. The van der Waals surface area contributed by atoms with E-state index in [1.54, 1.807) is 24.3 Å². The van der Waals surface area contributed by atoms with E-state index < -0.39 is 6.09 Å². The van der Waals surface area contributed by atoms with Gasteiger partial charge in [0.2, 0.25) is 0 Å². The van der Waals surface area contributed by atoms with Gasteiger partial charge in [0, 0.05) is 28.7 Å². The zero-order valence-electron chi connectivity index (χ0n) is 16.7. The highest BCUT2D eigenvalue weighted by atomic mass is 79.9. The third kappa shape index (κ3) is 4.88. The van der Waals surface area contributed by atoms with Crippen LogP contribution >= 0.6 is 15.9 Å². The van der Waals surface area contributed by atoms with Crippen LogP contribution < -0.4 is 5.32 Å². The molecule has 1 atom stereocenters. The van der Waals surface area contributed by atoms with Gasteiger partial charge in [-0.25, -0.2) is 9.48 Å². The molecule has 0 bridgehead atoms. The van der Waals surface area contributed by atoms with Crippen LogP contribution in [0, 0.1) is 0 Å². The van der Waals surface area contributed by atoms with E-state index in [2.05, 4.69) is 26.2 Å². The lowest BCUT2D eigenvalue weighted by molar-refractivity contribution is 0.209. The highest BCUT2D eigenvalue weighted by Gasteiger charge is 2.28. The molecule has 7 nitrogen and oxygen atoms in total. The van der Waals surface area contributed by atoms with Crippen LogP contribution in [-0.2, 0) is 11.3 Å². The summed E-state index contributed by atoms with van der Waals surface area (Å²) in [7, 11) is 1.59. The minimum absolute atomic E-state index is 0.163. The largest absolute Gasteiger partial charge is 0.505 e. The minimum atomic E-state index is -1.14. The van der Waals surface area contributed by atoms with Crippen LogP contribution in [-0.4, -0.2) is 33.1 Å². The van der Waals surface area contributed by atoms with Gasteiger partial charge in [0.1, 0.15) is 11.5 Å². The zero-order valence-corrected chi connectivity index (χ0v) is 18.3. The van der Waals surface area contributed by atoms with E-state index in [-0.39, 0.29) is 5.92 Å². The number of carbonyl (C=O) groups is 1. The number of ether oxygens (including phenoxy) is 1. The standard InChI is InChI=1S/C22H23BrN4O3/c1-3-27-21(25-22(28)29)19(20(26-27)18-8-4-5-13-24-18)17(7-6-14-30-2)15-9-11-16(23)12-10-15/h4-6,8-14,17,25H,3,7H2,1-2H3,(H,28,29). The van der Waals surface area contributed by atoms with Crippen molar-refractivity contribution in [1.29, 1.82) is 0 Å². The topological polar surface area (TPSA) is 89.3 Å². The smallest absolute Gasteiger partial charge is 0.410 e. The summed E-state index contributed by atoms with van der Waals surface area (Å²) < 4.78 is 7.72. The van der Waals surface area contributed by atoms with Crippen molar-refractivity contribution in [3.8, 4) is 11.4 Å². The fourth-order valence-electron chi connectivity index (χ4n) is 3.36. The maximum absolute atomic E-state index is 11.6. The molecule has 2 N–H and O–H groups in total. The number of aryl methyl sites for hydroxylation is 1. The minimum Gasteiger partial charge on any atom is -0.505 e. The Morgan fingerprint density at radius 2 is 2.07 bits per heavy atom. The molecule has 1 unspecified atom stereocenters. The first-order valence-electron chi connectivity index (χ1n) is 9.50. The van der Waals surface area contributed by atoms with E-state index in [4.69, 9.17) is 9.84 Å². The summed E-state index contributed by atoms with van der Waals surface area (Å²) in [6, 6.07) is 13.6. The van der Waals surface area contributed by atoms with Crippen LogP contribution in [0.25, 0.3) is 11.4 Å². The van der Waals surface area contributed by atoms with Gasteiger partial charge < -0.3 is 9.84 Å². The van der Waals surface area contributed by atoms with Crippen LogP contribution in [0.15, 0.2) is 65.5 Å². The van der Waals surface area contributed by atoms with E-state index in [0.717, 1.165) is 15.6 Å². The molecule has 8 heteroatoms. The number of nitrogens with one attached hydrogen (secondary N) is 1. The lowest BCUT2D eigenvalue weighted by Crippen LogP contribution is -2.15. The van der Waals surface area contributed by atoms with Crippen molar-refractivity contribution >= 4 is 27.8 Å². The number of allylic oxidation sites excluding steroid dienone is 1. The van der Waals surface area contributed by atoms with Gasteiger partial charge in [-0.05, 0) is 49.2 Å². The van der Waals surface area contributed by atoms with Gasteiger partial charge in [-0.2, -0.15) is 5.10 Å². The van der Waals surface area contributed by atoms with Crippen molar-refractivity contribution in [2.75, 3.05) is 12.4 Å². The first kappa shape index (κ1) is 21.6. The number of methoxy groups -OCH3 is 1. The maximum Gasteiger partial charge on any atom is 0.410 e.